The molecule has 638 valence electrons. The molecule has 0 atom stereocenters. The highest BCUT2D eigenvalue weighted by Crippen LogP contribution is 2.49. The van der Waals surface area contributed by atoms with Gasteiger partial charge in [0, 0.05) is 109 Å². The number of furan rings is 1. The zero-order chi connectivity index (χ0) is 89.9. The van der Waals surface area contributed by atoms with Crippen molar-refractivity contribution in [3.05, 3.63) is 497 Å². The Balaban J connectivity index is 0.000000102. The summed E-state index contributed by atoms with van der Waals surface area (Å²) in [5, 5.41) is 27.4. The summed E-state index contributed by atoms with van der Waals surface area (Å²) < 4.78 is 20.8. The van der Waals surface area contributed by atoms with Crippen LogP contribution in [0.3, 0.4) is 0 Å². The highest BCUT2D eigenvalue weighted by atomic mass is 16.3. The molecule has 0 saturated heterocycles. The van der Waals surface area contributed by atoms with Crippen molar-refractivity contribution in [1.82, 2.24) is 27.4 Å². The van der Waals surface area contributed by atoms with Crippen LogP contribution in [0.15, 0.2) is 502 Å². The fraction of sp³-hybridized carbons (Fsp3) is 0. The van der Waals surface area contributed by atoms with Gasteiger partial charge in [0.25, 0.3) is 0 Å². The maximum atomic E-state index is 6.18. The second-order valence-electron chi connectivity index (χ2n) is 36.2. The Kier molecular flexibility index (Phi) is 17.6. The van der Waals surface area contributed by atoms with Gasteiger partial charge in [0.15, 0.2) is 0 Å². The summed E-state index contributed by atoms with van der Waals surface area (Å²) in [6.45, 7) is 0. The van der Waals surface area contributed by atoms with E-state index in [9.17, 15) is 0 Å². The summed E-state index contributed by atoms with van der Waals surface area (Å²) in [6, 6.07) is 181. The third-order valence-electron chi connectivity index (χ3n) is 28.6. The average Bonchev–Trinajstić information content (AvgIpc) is 1.56. The molecule has 0 aliphatic carbocycles. The van der Waals surface area contributed by atoms with E-state index in [2.05, 4.69) is 513 Å². The lowest BCUT2D eigenvalue weighted by Crippen LogP contribution is -1.98. The molecule has 7 nitrogen and oxygen atoms in total. The van der Waals surface area contributed by atoms with Crippen molar-refractivity contribution in [2.24, 2.45) is 0 Å². The fourth-order valence-electron chi connectivity index (χ4n) is 22.4. The number of benzene rings is 23. The van der Waals surface area contributed by atoms with Gasteiger partial charge in [-0.05, 0) is 235 Å². The second-order valence-corrected chi connectivity index (χ2v) is 36.2. The van der Waals surface area contributed by atoms with Crippen molar-refractivity contribution in [1.29, 1.82) is 0 Å². The molecule has 0 aliphatic heterocycles. The zero-order valence-electron chi connectivity index (χ0n) is 74.4. The first kappa shape index (κ1) is 77.5. The Labute approximate surface area is 787 Å². The molecule has 137 heavy (non-hydrogen) atoms. The van der Waals surface area contributed by atoms with Crippen molar-refractivity contribution in [2.75, 3.05) is 0 Å². The predicted octanol–water partition coefficient (Wildman–Crippen LogP) is 35.2. The summed E-state index contributed by atoms with van der Waals surface area (Å²) in [6.07, 6.45) is 0. The lowest BCUT2D eigenvalue weighted by Gasteiger charge is -2.16. The van der Waals surface area contributed by atoms with Gasteiger partial charge in [-0.2, -0.15) is 0 Å². The number of hydrogen-bond donors (Lipinski definition) is 0. The van der Waals surface area contributed by atoms with Crippen LogP contribution in [-0.4, -0.2) is 27.4 Å². The summed E-state index contributed by atoms with van der Waals surface area (Å²) in [5.74, 6) is 0. The normalized spacial score (nSPS) is 11.9. The summed E-state index contributed by atoms with van der Waals surface area (Å²) >= 11 is 0. The van der Waals surface area contributed by atoms with Crippen molar-refractivity contribution in [3.63, 3.8) is 0 Å². The maximum absolute atomic E-state index is 6.18. The largest absolute Gasteiger partial charge is 0.456 e. The molecule has 0 radical (unpaired) electrons. The Morgan fingerprint density at radius 3 is 0.869 bits per heavy atom. The lowest BCUT2D eigenvalue weighted by molar-refractivity contribution is 0.669. The fourth-order valence-corrected chi connectivity index (χ4v) is 22.4. The quantitative estimate of drug-likeness (QED) is 0.142. The number of aromatic nitrogens is 6. The molecule has 23 aromatic carbocycles. The minimum Gasteiger partial charge on any atom is -0.456 e. The summed E-state index contributed by atoms with van der Waals surface area (Å²) in [5.41, 5.74) is 30.5. The van der Waals surface area contributed by atoms with Gasteiger partial charge in [-0.15, -0.1) is 0 Å². The van der Waals surface area contributed by atoms with E-state index in [1.807, 2.05) is 12.1 Å². The molecule has 7 aromatic heterocycles. The topological polar surface area (TPSA) is 42.7 Å². The first-order valence-electron chi connectivity index (χ1n) is 47.1. The van der Waals surface area contributed by atoms with Crippen molar-refractivity contribution >= 4 is 196 Å². The van der Waals surface area contributed by atoms with Crippen LogP contribution >= 0.6 is 0 Å². The molecular weight excluding hydrogens is 1660 g/mol. The molecule has 7 heteroatoms. The van der Waals surface area contributed by atoms with E-state index in [0.717, 1.165) is 44.7 Å². The Hall–Kier alpha value is -18.3. The SMILES string of the molecule is c1ccc(-c2ccc(-n3c4ccccc4c4cc5c6cc7ccccc7cc6n(-c6ccccc6)c5cc43)c(-c3ccccc3)c2)cc1.c1ccc(-c2ccc(-n3c4ccccc4c4cc5c6cc7ccccc7cc6n(-c6ccccc6)c5cc43)c3ccccc23)cc1.c1ccc(-n2c3cc4ccccc4cc3c3cc4c5ccccc5n(-c5ccc6oc7ccccc7c6c5)c4cc32)cc1. The zero-order valence-corrected chi connectivity index (χ0v) is 74.4. The molecule has 7 heterocycles. The first-order chi connectivity index (χ1) is 68.0. The van der Waals surface area contributed by atoms with Gasteiger partial charge >= 0.3 is 0 Å². The van der Waals surface area contributed by atoms with E-state index in [0.29, 0.717) is 0 Å². The van der Waals surface area contributed by atoms with Crippen LogP contribution in [0.4, 0.5) is 0 Å². The number of hydrogen-bond acceptors (Lipinski definition) is 1. The van der Waals surface area contributed by atoms with Gasteiger partial charge in [0.05, 0.1) is 77.6 Å². The Bertz CT molecular complexity index is 10200. The van der Waals surface area contributed by atoms with Gasteiger partial charge in [-0.1, -0.05) is 328 Å². The molecule has 0 N–H and O–H groups in total. The first-order valence-corrected chi connectivity index (χ1v) is 47.1. The van der Waals surface area contributed by atoms with Crippen molar-refractivity contribution < 1.29 is 4.42 Å². The molecule has 0 fully saturated rings. The van der Waals surface area contributed by atoms with Crippen LogP contribution < -0.4 is 0 Å². The molecule has 0 bridgehead atoms. The highest BCUT2D eigenvalue weighted by molar-refractivity contribution is 6.25. The van der Waals surface area contributed by atoms with Crippen LogP contribution in [0.5, 0.6) is 0 Å². The van der Waals surface area contributed by atoms with E-state index >= 15 is 0 Å². The number of fused-ring (bicyclic) bond motifs is 25. The molecule has 0 amide bonds. The summed E-state index contributed by atoms with van der Waals surface area (Å²) in [7, 11) is 0. The highest BCUT2D eigenvalue weighted by Gasteiger charge is 2.27. The maximum Gasteiger partial charge on any atom is 0.135 e. The molecular formula is C130H82N6O. The second kappa shape index (κ2) is 31.2. The standard InChI is InChI=1S/C46H30N2.C44H28N2.C40H24N2O/c1-4-14-31(15-5-1)35-24-25-43(38(26-35)32-16-6-2-7-17-32)48-42-23-13-12-22-37(42)40-29-41-39-27-33-18-10-11-19-34(33)28-44(39)47(45(41)30-46(40)48)36-20-8-3-9-21-36;1-3-13-29(14-4-1)33-23-24-41(35-20-10-9-19-34(33)35)46-40-22-12-11-21-36(40)38-27-39-37-25-30-15-7-8-16-31(30)26-42(37)45(43(39)28-44(38)46)32-17-5-2-6-18-32;1-2-12-27(13-3-1)41-36-21-26-11-5-4-10-25(26)20-31(36)33-23-32-29-14-6-8-16-35(29)42(37(32)24-38(33)41)28-18-19-40-34(22-28)30-15-7-9-17-39(30)43-40/h1-30H;1-28H;1-24H. The number of rotatable bonds is 9. The Morgan fingerprint density at radius 2 is 0.423 bits per heavy atom. The van der Waals surface area contributed by atoms with Gasteiger partial charge in [-0.3, -0.25) is 0 Å². The molecule has 0 spiro atoms. The third kappa shape index (κ3) is 12.4. The Morgan fingerprint density at radius 1 is 0.124 bits per heavy atom. The lowest BCUT2D eigenvalue weighted by atomic mass is 9.97. The predicted molar refractivity (Wildman–Crippen MR) is 579 cm³/mol. The minimum atomic E-state index is 0.907. The smallest absolute Gasteiger partial charge is 0.135 e. The average molecular weight is 1740 g/mol. The van der Waals surface area contributed by atoms with Crippen LogP contribution in [0.1, 0.15) is 0 Å². The van der Waals surface area contributed by atoms with Crippen LogP contribution in [0, 0.1) is 0 Å². The molecule has 0 unspecified atom stereocenters. The van der Waals surface area contributed by atoms with Crippen molar-refractivity contribution in [2.45, 2.75) is 0 Å². The number of para-hydroxylation sites is 7. The molecule has 0 saturated carbocycles. The van der Waals surface area contributed by atoms with Gasteiger partial charge in [0.1, 0.15) is 11.2 Å². The van der Waals surface area contributed by atoms with Gasteiger partial charge < -0.3 is 31.8 Å². The van der Waals surface area contributed by atoms with E-state index in [1.165, 1.54) is 219 Å². The van der Waals surface area contributed by atoms with Gasteiger partial charge in [-0.25, -0.2) is 0 Å². The molecule has 30 rings (SSSR count). The van der Waals surface area contributed by atoms with E-state index in [-0.39, 0.29) is 0 Å². The monoisotopic (exact) mass is 1740 g/mol. The van der Waals surface area contributed by atoms with Crippen LogP contribution in [0.2, 0.25) is 0 Å². The van der Waals surface area contributed by atoms with E-state index in [1.54, 1.807) is 0 Å². The third-order valence-corrected chi connectivity index (χ3v) is 28.6. The summed E-state index contributed by atoms with van der Waals surface area (Å²) in [4.78, 5) is 0. The molecule has 30 aromatic rings. The van der Waals surface area contributed by atoms with E-state index < -0.39 is 0 Å². The minimum absolute atomic E-state index is 0.907. The van der Waals surface area contributed by atoms with Crippen LogP contribution in [0.25, 0.3) is 263 Å². The van der Waals surface area contributed by atoms with E-state index in [4.69, 9.17) is 4.42 Å². The van der Waals surface area contributed by atoms with Crippen LogP contribution in [-0.2, 0) is 0 Å². The van der Waals surface area contributed by atoms with Gasteiger partial charge in [0.2, 0.25) is 0 Å². The molecule has 0 aliphatic rings. The van der Waals surface area contributed by atoms with Crippen molar-refractivity contribution in [3.8, 4) is 67.5 Å². The number of nitrogens with zero attached hydrogens (tertiary/aromatic N) is 6.